The van der Waals surface area contributed by atoms with Crippen molar-refractivity contribution < 1.29 is 22.7 Å². The Labute approximate surface area is 262 Å². The van der Waals surface area contributed by atoms with Crippen LogP contribution in [0, 0.1) is 12.4 Å². The van der Waals surface area contributed by atoms with Crippen LogP contribution in [-0.4, -0.2) is 89.3 Å². The fourth-order valence-corrected chi connectivity index (χ4v) is 8.06. The summed E-state index contributed by atoms with van der Waals surface area (Å²) in [7, 11) is 0. The van der Waals surface area contributed by atoms with Gasteiger partial charge in [-0.2, -0.15) is 9.97 Å². The van der Waals surface area contributed by atoms with Gasteiger partial charge in [0.25, 0.3) is 5.91 Å². The molecule has 0 bridgehead atoms. The van der Waals surface area contributed by atoms with Gasteiger partial charge in [-0.15, -0.1) is 11.3 Å². The third kappa shape index (κ3) is 5.17. The lowest BCUT2D eigenvalue weighted by Crippen LogP contribution is -2.56. The summed E-state index contributed by atoms with van der Waals surface area (Å²) in [6.45, 7) is 12.4. The van der Waals surface area contributed by atoms with E-state index in [-0.39, 0.29) is 44.3 Å². The molecule has 0 spiro atoms. The van der Waals surface area contributed by atoms with Gasteiger partial charge in [0, 0.05) is 53.6 Å². The summed E-state index contributed by atoms with van der Waals surface area (Å²) in [4.78, 5) is 30.6. The van der Waals surface area contributed by atoms with E-state index in [2.05, 4.69) is 21.3 Å². The van der Waals surface area contributed by atoms with Gasteiger partial charge in [0.15, 0.2) is 11.6 Å². The van der Waals surface area contributed by atoms with Crippen molar-refractivity contribution in [3.8, 4) is 17.1 Å². The minimum absolute atomic E-state index is 0.0248. The lowest BCUT2D eigenvalue weighted by molar-refractivity contribution is -0.131. The predicted octanol–water partition coefficient (Wildman–Crippen LogP) is 6.03. The SMILES string of the molecule is [C-]#[N+]C[C@H]1CN(c2nc(OCC34CCCN3C[C@H](F)C4)nc3c(F)c(-c4cccc5sccc45)ccc23)CCN1C(=O)C(=C)F. The number of fused-ring (bicyclic) bond motifs is 3. The zero-order valence-corrected chi connectivity index (χ0v) is 25.3. The summed E-state index contributed by atoms with van der Waals surface area (Å²) in [5.74, 6) is -2.06. The first-order valence-corrected chi connectivity index (χ1v) is 15.9. The van der Waals surface area contributed by atoms with Crippen LogP contribution in [0.25, 0.3) is 37.0 Å². The quantitative estimate of drug-likeness (QED) is 0.183. The highest BCUT2D eigenvalue weighted by Gasteiger charge is 2.49. The number of ether oxygens (including phenoxy) is 1. The molecular formula is C33H31F3N6O2S. The molecular weight excluding hydrogens is 601 g/mol. The minimum atomic E-state index is -1.08. The molecule has 0 radical (unpaired) electrons. The van der Waals surface area contributed by atoms with E-state index in [0.717, 1.165) is 35.0 Å². The Hall–Kier alpha value is -4.21. The lowest BCUT2D eigenvalue weighted by Gasteiger charge is -2.39. The van der Waals surface area contributed by atoms with Crippen LogP contribution in [0.15, 0.2) is 54.2 Å². The van der Waals surface area contributed by atoms with Crippen molar-refractivity contribution in [3.05, 3.63) is 71.4 Å². The second-order valence-electron chi connectivity index (χ2n) is 12.0. The van der Waals surface area contributed by atoms with Gasteiger partial charge in [0.05, 0.1) is 5.54 Å². The normalized spacial score (nSPS) is 23.4. The number of piperazine rings is 1. The highest BCUT2D eigenvalue weighted by molar-refractivity contribution is 7.17. The molecule has 3 aliphatic rings. The first-order valence-electron chi connectivity index (χ1n) is 15.0. The smallest absolute Gasteiger partial charge is 0.319 e. The number of amides is 1. The molecule has 0 saturated carbocycles. The van der Waals surface area contributed by atoms with Crippen LogP contribution in [0.4, 0.5) is 19.0 Å². The lowest BCUT2D eigenvalue weighted by atomic mass is 9.95. The Balaban J connectivity index is 1.30. The molecule has 2 aromatic heterocycles. The number of thiophene rings is 1. The van der Waals surface area contributed by atoms with Gasteiger partial charge in [-0.1, -0.05) is 24.8 Å². The molecule has 12 heteroatoms. The Bertz CT molecular complexity index is 1860. The van der Waals surface area contributed by atoms with Crippen LogP contribution in [0.2, 0.25) is 0 Å². The number of hydrogen-bond acceptors (Lipinski definition) is 7. The molecule has 3 aliphatic heterocycles. The van der Waals surface area contributed by atoms with Gasteiger partial charge in [-0.25, -0.2) is 19.7 Å². The highest BCUT2D eigenvalue weighted by Crippen LogP contribution is 2.41. The second kappa shape index (κ2) is 11.6. The van der Waals surface area contributed by atoms with E-state index >= 15 is 4.39 Å². The molecule has 4 aromatic rings. The maximum absolute atomic E-state index is 16.6. The van der Waals surface area contributed by atoms with Gasteiger partial charge in [-0.3, -0.25) is 9.69 Å². The van der Waals surface area contributed by atoms with Crippen molar-refractivity contribution in [1.29, 1.82) is 0 Å². The van der Waals surface area contributed by atoms with Crippen molar-refractivity contribution in [1.82, 2.24) is 19.8 Å². The summed E-state index contributed by atoms with van der Waals surface area (Å²) in [5.41, 5.74) is 0.759. The Morgan fingerprint density at radius 3 is 2.82 bits per heavy atom. The first-order chi connectivity index (χ1) is 21.8. The molecule has 3 fully saturated rings. The number of benzene rings is 2. The summed E-state index contributed by atoms with van der Waals surface area (Å²) < 4.78 is 52.1. The fraction of sp³-hybridized carbons (Fsp3) is 0.394. The molecule has 1 amide bonds. The monoisotopic (exact) mass is 632 g/mol. The number of nitrogens with zero attached hydrogens (tertiary/aromatic N) is 6. The zero-order chi connectivity index (χ0) is 31.3. The number of rotatable bonds is 7. The van der Waals surface area contributed by atoms with Crippen LogP contribution >= 0.6 is 11.3 Å². The third-order valence-corrected chi connectivity index (χ3v) is 10.2. The van der Waals surface area contributed by atoms with E-state index in [0.29, 0.717) is 29.7 Å². The highest BCUT2D eigenvalue weighted by atomic mass is 32.1. The molecule has 2 aromatic carbocycles. The molecule has 0 N–H and O–H groups in total. The van der Waals surface area contributed by atoms with Crippen LogP contribution in [0.3, 0.4) is 0 Å². The molecule has 8 nitrogen and oxygen atoms in total. The van der Waals surface area contributed by atoms with Crippen LogP contribution in [0.5, 0.6) is 6.01 Å². The summed E-state index contributed by atoms with van der Waals surface area (Å²) in [6.07, 6.45) is 1.18. The molecule has 3 atom stereocenters. The van der Waals surface area contributed by atoms with Crippen molar-refractivity contribution in [3.63, 3.8) is 0 Å². The minimum Gasteiger partial charge on any atom is -0.461 e. The number of alkyl halides is 1. The van der Waals surface area contributed by atoms with Crippen LogP contribution in [0.1, 0.15) is 19.3 Å². The van der Waals surface area contributed by atoms with E-state index in [4.69, 9.17) is 16.3 Å². The molecule has 45 heavy (non-hydrogen) atoms. The summed E-state index contributed by atoms with van der Waals surface area (Å²) in [5, 5.41) is 3.35. The molecule has 1 unspecified atom stereocenters. The Morgan fingerprint density at radius 1 is 1.13 bits per heavy atom. The van der Waals surface area contributed by atoms with Crippen molar-refractivity contribution in [2.45, 2.75) is 37.0 Å². The van der Waals surface area contributed by atoms with Gasteiger partial charge >= 0.3 is 6.01 Å². The summed E-state index contributed by atoms with van der Waals surface area (Å²) >= 11 is 1.58. The third-order valence-electron chi connectivity index (χ3n) is 9.36. The standard InChI is InChI=1S/C33H31F3N6O2S/c1-20(34)31(43)42-13-12-40(18-22(42)16-37-2)30-26-8-7-25(23-5-3-6-27-24(23)9-14-45-27)28(36)29(26)38-32(39-30)44-19-33-10-4-11-41(33)17-21(35)15-33/h3,5-9,14,21-22H,1,4,10-13,15-19H2/t21-,22+,33?/m1/s1. The molecule has 7 rings (SSSR count). The van der Waals surface area contributed by atoms with Crippen molar-refractivity contribution >= 4 is 44.1 Å². The number of carbonyl (C=O) groups excluding carboxylic acids is 1. The molecule has 232 valence electrons. The average molecular weight is 633 g/mol. The number of hydrogen-bond donors (Lipinski definition) is 0. The van der Waals surface area contributed by atoms with Crippen LogP contribution in [-0.2, 0) is 4.79 Å². The van der Waals surface area contributed by atoms with E-state index < -0.39 is 35.3 Å². The number of halogens is 3. The maximum Gasteiger partial charge on any atom is 0.319 e. The van der Waals surface area contributed by atoms with Crippen LogP contribution < -0.4 is 9.64 Å². The van der Waals surface area contributed by atoms with Gasteiger partial charge < -0.3 is 19.4 Å². The van der Waals surface area contributed by atoms with Gasteiger partial charge in [-0.05, 0) is 48.5 Å². The number of aromatic nitrogens is 2. The largest absolute Gasteiger partial charge is 0.461 e. The van der Waals surface area contributed by atoms with Crippen molar-refractivity contribution in [2.75, 3.05) is 50.8 Å². The molecule has 0 aliphatic carbocycles. The Morgan fingerprint density at radius 2 is 2.00 bits per heavy atom. The second-order valence-corrected chi connectivity index (χ2v) is 12.9. The topological polar surface area (TPSA) is 66.2 Å². The van der Waals surface area contributed by atoms with E-state index in [1.54, 1.807) is 23.5 Å². The molecule has 3 saturated heterocycles. The van der Waals surface area contributed by atoms with E-state index in [1.165, 1.54) is 4.90 Å². The summed E-state index contributed by atoms with van der Waals surface area (Å²) in [6, 6.07) is 10.6. The average Bonchev–Trinajstić information content (AvgIpc) is 3.74. The number of anilines is 1. The maximum atomic E-state index is 16.6. The van der Waals surface area contributed by atoms with Gasteiger partial charge in [0.2, 0.25) is 6.54 Å². The van der Waals surface area contributed by atoms with E-state index in [9.17, 15) is 13.6 Å². The Kier molecular flexibility index (Phi) is 7.61. The van der Waals surface area contributed by atoms with Crippen molar-refractivity contribution in [2.24, 2.45) is 0 Å². The molecule has 5 heterocycles. The van der Waals surface area contributed by atoms with Gasteiger partial charge in [0.1, 0.15) is 30.2 Å². The predicted molar refractivity (Wildman–Crippen MR) is 168 cm³/mol. The van der Waals surface area contributed by atoms with E-state index in [1.807, 2.05) is 34.5 Å². The zero-order valence-electron chi connectivity index (χ0n) is 24.5. The number of carbonyl (C=O) groups is 1. The fourth-order valence-electron chi connectivity index (χ4n) is 7.25. The first kappa shape index (κ1) is 29.5.